The predicted molar refractivity (Wildman–Crippen MR) is 74.5 cm³/mol. The zero-order chi connectivity index (χ0) is 13.7. The van der Waals surface area contributed by atoms with E-state index in [0.29, 0.717) is 24.5 Å². The molecule has 0 aromatic heterocycles. The smallest absolute Gasteiger partial charge is 0.337 e. The molecule has 1 aliphatic rings. The molecular formula is C14H20N2O3. The normalized spacial score (nSPS) is 14.3. The van der Waals surface area contributed by atoms with Gasteiger partial charge in [0.25, 0.3) is 0 Å². The van der Waals surface area contributed by atoms with E-state index in [-0.39, 0.29) is 5.56 Å². The molecule has 0 bridgehead atoms. The first-order valence-corrected chi connectivity index (χ1v) is 6.62. The molecule has 1 saturated carbocycles. The Bertz CT molecular complexity index is 444. The molecule has 2 rings (SSSR count). The quantitative estimate of drug-likeness (QED) is 0.495. The highest BCUT2D eigenvalue weighted by molar-refractivity contribution is 5.97. The van der Waals surface area contributed by atoms with E-state index >= 15 is 0 Å². The maximum absolute atomic E-state index is 11.1. The Morgan fingerprint density at radius 2 is 2.26 bits per heavy atom. The molecule has 19 heavy (non-hydrogen) atoms. The molecule has 1 fully saturated rings. The van der Waals surface area contributed by atoms with Gasteiger partial charge < -0.3 is 20.9 Å². The van der Waals surface area contributed by atoms with Crippen LogP contribution in [-0.4, -0.2) is 30.8 Å². The van der Waals surface area contributed by atoms with Gasteiger partial charge >= 0.3 is 5.97 Å². The van der Waals surface area contributed by atoms with Crippen LogP contribution in [0.2, 0.25) is 0 Å². The van der Waals surface area contributed by atoms with Crippen LogP contribution in [0.25, 0.3) is 0 Å². The summed E-state index contributed by atoms with van der Waals surface area (Å²) in [4.78, 5) is 11.1. The first kappa shape index (κ1) is 13.7. The number of carbonyl (C=O) groups is 1. The Kier molecular flexibility index (Phi) is 4.63. The largest absolute Gasteiger partial charge is 0.478 e. The zero-order valence-corrected chi connectivity index (χ0v) is 10.9. The number of ether oxygens (including phenoxy) is 1. The number of anilines is 2. The summed E-state index contributed by atoms with van der Waals surface area (Å²) in [7, 11) is 0. The van der Waals surface area contributed by atoms with Crippen LogP contribution in [-0.2, 0) is 4.74 Å². The summed E-state index contributed by atoms with van der Waals surface area (Å²) in [5, 5.41) is 12.2. The molecule has 104 valence electrons. The van der Waals surface area contributed by atoms with Crippen LogP contribution in [0.4, 0.5) is 11.4 Å². The molecular weight excluding hydrogens is 244 g/mol. The van der Waals surface area contributed by atoms with Gasteiger partial charge in [-0.15, -0.1) is 0 Å². The van der Waals surface area contributed by atoms with Crippen LogP contribution < -0.4 is 11.1 Å². The summed E-state index contributed by atoms with van der Waals surface area (Å²) in [6, 6.07) is 4.88. The molecule has 0 saturated heterocycles. The lowest BCUT2D eigenvalue weighted by atomic mass is 10.1. The van der Waals surface area contributed by atoms with E-state index in [0.717, 1.165) is 18.9 Å². The Hall–Kier alpha value is -1.75. The molecule has 1 aromatic carbocycles. The molecule has 1 aromatic rings. The number of rotatable bonds is 8. The van der Waals surface area contributed by atoms with Gasteiger partial charge in [-0.2, -0.15) is 0 Å². The van der Waals surface area contributed by atoms with Crippen molar-refractivity contribution >= 4 is 17.3 Å². The SMILES string of the molecule is Nc1cccc(C(=O)O)c1NCCCOCC1CC1. The van der Waals surface area contributed by atoms with Crippen LogP contribution in [0, 0.1) is 5.92 Å². The fraction of sp³-hybridized carbons (Fsp3) is 0.500. The van der Waals surface area contributed by atoms with Gasteiger partial charge in [-0.1, -0.05) is 6.07 Å². The highest BCUT2D eigenvalue weighted by Gasteiger charge is 2.20. The minimum absolute atomic E-state index is 0.207. The molecule has 5 heteroatoms. The molecule has 0 spiro atoms. The third-order valence-corrected chi connectivity index (χ3v) is 3.14. The number of hydrogen-bond donors (Lipinski definition) is 3. The van der Waals surface area contributed by atoms with Crippen LogP contribution in [0.5, 0.6) is 0 Å². The van der Waals surface area contributed by atoms with Crippen molar-refractivity contribution in [1.29, 1.82) is 0 Å². The fourth-order valence-corrected chi connectivity index (χ4v) is 1.87. The molecule has 1 aliphatic carbocycles. The van der Waals surface area contributed by atoms with Crippen LogP contribution in [0.1, 0.15) is 29.6 Å². The predicted octanol–water partition coefficient (Wildman–Crippen LogP) is 2.20. The van der Waals surface area contributed by atoms with Gasteiger partial charge in [0.05, 0.1) is 16.9 Å². The van der Waals surface area contributed by atoms with Gasteiger partial charge in [-0.3, -0.25) is 0 Å². The molecule has 5 nitrogen and oxygen atoms in total. The second-order valence-electron chi connectivity index (χ2n) is 4.87. The Morgan fingerprint density at radius 3 is 2.95 bits per heavy atom. The van der Waals surface area contributed by atoms with Gasteiger partial charge in [0.1, 0.15) is 0 Å². The number of nitrogens with two attached hydrogens (primary N) is 1. The van der Waals surface area contributed by atoms with Gasteiger partial charge in [0.2, 0.25) is 0 Å². The average Bonchev–Trinajstić information content (AvgIpc) is 3.18. The van der Waals surface area contributed by atoms with Crippen LogP contribution in [0.15, 0.2) is 18.2 Å². The fourth-order valence-electron chi connectivity index (χ4n) is 1.87. The average molecular weight is 264 g/mol. The van der Waals surface area contributed by atoms with Crippen molar-refractivity contribution in [1.82, 2.24) is 0 Å². The van der Waals surface area contributed by atoms with Crippen molar-refractivity contribution in [2.24, 2.45) is 5.92 Å². The van der Waals surface area contributed by atoms with E-state index in [4.69, 9.17) is 15.6 Å². The van der Waals surface area contributed by atoms with Gasteiger partial charge in [0, 0.05) is 19.8 Å². The Balaban J connectivity index is 1.76. The van der Waals surface area contributed by atoms with Crippen molar-refractivity contribution in [2.75, 3.05) is 30.8 Å². The molecule has 0 amide bonds. The summed E-state index contributed by atoms with van der Waals surface area (Å²) >= 11 is 0. The van der Waals surface area contributed by atoms with E-state index in [9.17, 15) is 4.79 Å². The van der Waals surface area contributed by atoms with E-state index in [1.54, 1.807) is 18.2 Å². The number of nitrogen functional groups attached to an aromatic ring is 1. The van der Waals surface area contributed by atoms with Crippen molar-refractivity contribution in [3.8, 4) is 0 Å². The number of para-hydroxylation sites is 1. The van der Waals surface area contributed by atoms with E-state index in [1.165, 1.54) is 12.8 Å². The van der Waals surface area contributed by atoms with Crippen molar-refractivity contribution in [3.63, 3.8) is 0 Å². The number of benzene rings is 1. The van der Waals surface area contributed by atoms with Crippen molar-refractivity contribution < 1.29 is 14.6 Å². The zero-order valence-electron chi connectivity index (χ0n) is 10.9. The lowest BCUT2D eigenvalue weighted by molar-refractivity contribution is 0.0698. The van der Waals surface area contributed by atoms with E-state index in [1.807, 2.05) is 0 Å². The third kappa shape index (κ3) is 4.13. The molecule has 0 heterocycles. The molecule has 0 aliphatic heterocycles. The molecule has 0 atom stereocenters. The summed E-state index contributed by atoms with van der Waals surface area (Å²) in [6.45, 7) is 2.20. The molecule has 4 N–H and O–H groups in total. The minimum Gasteiger partial charge on any atom is -0.478 e. The minimum atomic E-state index is -0.972. The number of nitrogens with one attached hydrogen (secondary N) is 1. The Morgan fingerprint density at radius 1 is 1.47 bits per heavy atom. The van der Waals surface area contributed by atoms with E-state index in [2.05, 4.69) is 5.32 Å². The number of carboxylic acids is 1. The van der Waals surface area contributed by atoms with Crippen molar-refractivity contribution in [3.05, 3.63) is 23.8 Å². The summed E-state index contributed by atoms with van der Waals surface area (Å²) in [6.07, 6.45) is 3.42. The molecule has 0 unspecified atom stereocenters. The van der Waals surface area contributed by atoms with Crippen LogP contribution >= 0.6 is 0 Å². The van der Waals surface area contributed by atoms with E-state index < -0.39 is 5.97 Å². The summed E-state index contributed by atoms with van der Waals surface area (Å²) < 4.78 is 5.52. The van der Waals surface area contributed by atoms with Crippen LogP contribution in [0.3, 0.4) is 0 Å². The lowest BCUT2D eigenvalue weighted by Gasteiger charge is -2.12. The maximum atomic E-state index is 11.1. The monoisotopic (exact) mass is 264 g/mol. The van der Waals surface area contributed by atoms with Gasteiger partial charge in [0.15, 0.2) is 0 Å². The summed E-state index contributed by atoms with van der Waals surface area (Å²) in [5.41, 5.74) is 6.95. The molecule has 0 radical (unpaired) electrons. The standard InChI is InChI=1S/C14H20N2O3/c15-12-4-1-3-11(14(17)18)13(12)16-7-2-8-19-9-10-5-6-10/h1,3-4,10,16H,2,5-9,15H2,(H,17,18). The van der Waals surface area contributed by atoms with Gasteiger partial charge in [-0.25, -0.2) is 4.79 Å². The van der Waals surface area contributed by atoms with Crippen molar-refractivity contribution in [2.45, 2.75) is 19.3 Å². The highest BCUT2D eigenvalue weighted by Crippen LogP contribution is 2.28. The second kappa shape index (κ2) is 6.43. The summed E-state index contributed by atoms with van der Waals surface area (Å²) in [5.74, 6) is -0.198. The highest BCUT2D eigenvalue weighted by atomic mass is 16.5. The maximum Gasteiger partial charge on any atom is 0.337 e. The first-order valence-electron chi connectivity index (χ1n) is 6.62. The van der Waals surface area contributed by atoms with Gasteiger partial charge in [-0.05, 0) is 37.3 Å². The topological polar surface area (TPSA) is 84.6 Å². The second-order valence-corrected chi connectivity index (χ2v) is 4.87. The number of carboxylic acid groups (broad SMARTS) is 1. The first-order chi connectivity index (χ1) is 9.18. The third-order valence-electron chi connectivity index (χ3n) is 3.14. The number of hydrogen-bond acceptors (Lipinski definition) is 4. The lowest BCUT2D eigenvalue weighted by Crippen LogP contribution is -2.12. The number of aromatic carboxylic acids is 1. The Labute approximate surface area is 112 Å².